The number of rotatable bonds is 6. The number of hydrogen-bond acceptors (Lipinski definition) is 2. The van der Waals surface area contributed by atoms with Gasteiger partial charge in [0.15, 0.2) is 0 Å². The summed E-state index contributed by atoms with van der Waals surface area (Å²) in [4.78, 5) is 11.5. The van der Waals surface area contributed by atoms with Gasteiger partial charge in [-0.1, -0.05) is 19.8 Å². The van der Waals surface area contributed by atoms with Crippen LogP contribution in [0.15, 0.2) is 0 Å². The molecule has 1 aliphatic rings. The summed E-state index contributed by atoms with van der Waals surface area (Å²) in [6.07, 6.45) is 6.30. The quantitative estimate of drug-likeness (QED) is 0.686. The summed E-state index contributed by atoms with van der Waals surface area (Å²) in [7, 11) is 0. The Kier molecular flexibility index (Phi) is 6.41. The topological polar surface area (TPSA) is 38.3 Å². The second-order valence-corrected chi connectivity index (χ2v) is 4.32. The first kappa shape index (κ1) is 12.5. The van der Waals surface area contributed by atoms with Gasteiger partial charge in [0.2, 0.25) is 5.91 Å². The van der Waals surface area contributed by atoms with Crippen molar-refractivity contribution < 1.29 is 9.53 Å². The zero-order valence-corrected chi connectivity index (χ0v) is 9.76. The minimum Gasteiger partial charge on any atom is -0.381 e. The van der Waals surface area contributed by atoms with Crippen LogP contribution in [-0.4, -0.2) is 25.7 Å². The summed E-state index contributed by atoms with van der Waals surface area (Å²) < 4.78 is 5.26. The molecule has 1 rings (SSSR count). The van der Waals surface area contributed by atoms with Crippen molar-refractivity contribution in [1.82, 2.24) is 5.32 Å². The largest absolute Gasteiger partial charge is 0.381 e. The number of hydrogen-bond donors (Lipinski definition) is 1. The van der Waals surface area contributed by atoms with Gasteiger partial charge in [0.1, 0.15) is 0 Å². The maximum atomic E-state index is 11.5. The molecule has 0 aromatic rings. The van der Waals surface area contributed by atoms with Gasteiger partial charge in [0.05, 0.1) is 0 Å². The predicted molar refractivity (Wildman–Crippen MR) is 60.7 cm³/mol. The van der Waals surface area contributed by atoms with Crippen LogP contribution in [0.2, 0.25) is 0 Å². The van der Waals surface area contributed by atoms with Gasteiger partial charge in [0.25, 0.3) is 0 Å². The van der Waals surface area contributed by atoms with Crippen LogP contribution >= 0.6 is 0 Å². The molecule has 15 heavy (non-hydrogen) atoms. The van der Waals surface area contributed by atoms with E-state index in [1.807, 2.05) is 0 Å². The van der Waals surface area contributed by atoms with Gasteiger partial charge in [-0.2, -0.15) is 0 Å². The average Bonchev–Trinajstić information content (AvgIpc) is 2.26. The van der Waals surface area contributed by atoms with Gasteiger partial charge in [-0.25, -0.2) is 0 Å². The van der Waals surface area contributed by atoms with Crippen molar-refractivity contribution in [2.45, 2.75) is 45.4 Å². The summed E-state index contributed by atoms with van der Waals surface area (Å²) in [5, 5.41) is 2.99. The monoisotopic (exact) mass is 213 g/mol. The van der Waals surface area contributed by atoms with E-state index < -0.39 is 0 Å². The van der Waals surface area contributed by atoms with Gasteiger partial charge < -0.3 is 10.1 Å². The van der Waals surface area contributed by atoms with E-state index in [0.717, 1.165) is 39.0 Å². The van der Waals surface area contributed by atoms with Crippen molar-refractivity contribution in [3.05, 3.63) is 0 Å². The summed E-state index contributed by atoms with van der Waals surface area (Å²) in [6.45, 7) is 4.67. The van der Waals surface area contributed by atoms with Gasteiger partial charge in [0, 0.05) is 26.2 Å². The fourth-order valence-corrected chi connectivity index (χ4v) is 1.89. The molecular weight excluding hydrogens is 190 g/mol. The Morgan fingerprint density at radius 1 is 1.33 bits per heavy atom. The normalized spacial score (nSPS) is 17.7. The third-order valence-electron chi connectivity index (χ3n) is 2.92. The van der Waals surface area contributed by atoms with Crippen molar-refractivity contribution >= 4 is 5.91 Å². The van der Waals surface area contributed by atoms with Crippen LogP contribution in [0.3, 0.4) is 0 Å². The van der Waals surface area contributed by atoms with E-state index in [1.54, 1.807) is 0 Å². The lowest BCUT2D eigenvalue weighted by molar-refractivity contribution is -0.122. The standard InChI is InChI=1S/C12H23NO2/c1-2-3-4-7-13-12(14)10-11-5-8-15-9-6-11/h11H,2-10H2,1H3,(H,13,14). The van der Waals surface area contributed by atoms with E-state index in [9.17, 15) is 4.79 Å². The zero-order chi connectivity index (χ0) is 10.9. The summed E-state index contributed by atoms with van der Waals surface area (Å²) in [6, 6.07) is 0. The zero-order valence-electron chi connectivity index (χ0n) is 9.76. The van der Waals surface area contributed by atoms with E-state index in [0.29, 0.717) is 12.3 Å². The number of unbranched alkanes of at least 4 members (excludes halogenated alkanes) is 2. The average molecular weight is 213 g/mol. The third kappa shape index (κ3) is 5.78. The lowest BCUT2D eigenvalue weighted by Crippen LogP contribution is -2.28. The van der Waals surface area contributed by atoms with E-state index in [-0.39, 0.29) is 5.91 Å². The molecule has 1 N–H and O–H groups in total. The number of nitrogens with one attached hydrogen (secondary N) is 1. The van der Waals surface area contributed by atoms with Crippen LogP contribution in [0.1, 0.15) is 45.4 Å². The van der Waals surface area contributed by atoms with Crippen molar-refractivity contribution in [1.29, 1.82) is 0 Å². The molecule has 0 aliphatic carbocycles. The second-order valence-electron chi connectivity index (χ2n) is 4.32. The highest BCUT2D eigenvalue weighted by Crippen LogP contribution is 2.17. The van der Waals surface area contributed by atoms with Crippen molar-refractivity contribution in [2.24, 2.45) is 5.92 Å². The molecule has 0 unspecified atom stereocenters. The van der Waals surface area contributed by atoms with Crippen molar-refractivity contribution in [3.8, 4) is 0 Å². The molecule has 1 fully saturated rings. The predicted octanol–water partition coefficient (Wildman–Crippen LogP) is 2.11. The van der Waals surface area contributed by atoms with Gasteiger partial charge in [-0.3, -0.25) is 4.79 Å². The Balaban J connectivity index is 2.01. The first-order chi connectivity index (χ1) is 7.33. The van der Waals surface area contributed by atoms with Crippen LogP contribution in [0, 0.1) is 5.92 Å². The molecule has 0 aromatic carbocycles. The molecule has 3 nitrogen and oxygen atoms in total. The van der Waals surface area contributed by atoms with Gasteiger partial charge in [-0.15, -0.1) is 0 Å². The summed E-state index contributed by atoms with van der Waals surface area (Å²) in [5.41, 5.74) is 0. The molecule has 1 aliphatic heterocycles. The SMILES string of the molecule is CCCCCNC(=O)CC1CCOCC1. The molecular formula is C12H23NO2. The number of carbonyl (C=O) groups excluding carboxylic acids is 1. The summed E-state index contributed by atoms with van der Waals surface area (Å²) >= 11 is 0. The second kappa shape index (κ2) is 7.69. The maximum Gasteiger partial charge on any atom is 0.220 e. The highest BCUT2D eigenvalue weighted by atomic mass is 16.5. The molecule has 0 saturated carbocycles. The Hall–Kier alpha value is -0.570. The molecule has 1 heterocycles. The molecule has 0 spiro atoms. The third-order valence-corrected chi connectivity index (χ3v) is 2.92. The Morgan fingerprint density at radius 2 is 2.07 bits per heavy atom. The minimum absolute atomic E-state index is 0.220. The van der Waals surface area contributed by atoms with E-state index >= 15 is 0 Å². The smallest absolute Gasteiger partial charge is 0.220 e. The molecule has 0 bridgehead atoms. The number of amides is 1. The van der Waals surface area contributed by atoms with Crippen LogP contribution < -0.4 is 5.32 Å². The minimum atomic E-state index is 0.220. The highest BCUT2D eigenvalue weighted by molar-refractivity contribution is 5.76. The fourth-order valence-electron chi connectivity index (χ4n) is 1.89. The van der Waals surface area contributed by atoms with Crippen LogP contribution in [0.4, 0.5) is 0 Å². The lowest BCUT2D eigenvalue weighted by atomic mass is 9.96. The maximum absolute atomic E-state index is 11.5. The molecule has 0 atom stereocenters. The Morgan fingerprint density at radius 3 is 2.73 bits per heavy atom. The first-order valence-electron chi connectivity index (χ1n) is 6.17. The molecule has 3 heteroatoms. The molecule has 1 amide bonds. The van der Waals surface area contributed by atoms with Crippen molar-refractivity contribution in [2.75, 3.05) is 19.8 Å². The molecule has 0 aromatic heterocycles. The number of ether oxygens (including phenoxy) is 1. The van der Waals surface area contributed by atoms with Gasteiger partial charge >= 0.3 is 0 Å². The number of carbonyl (C=O) groups is 1. The Labute approximate surface area is 92.6 Å². The van der Waals surface area contributed by atoms with Crippen LogP contribution in [0.25, 0.3) is 0 Å². The van der Waals surface area contributed by atoms with Crippen LogP contribution in [-0.2, 0) is 9.53 Å². The first-order valence-corrected chi connectivity index (χ1v) is 6.17. The Bertz CT molecular complexity index is 176. The molecule has 0 radical (unpaired) electrons. The van der Waals surface area contributed by atoms with E-state index in [2.05, 4.69) is 12.2 Å². The van der Waals surface area contributed by atoms with Crippen molar-refractivity contribution in [3.63, 3.8) is 0 Å². The van der Waals surface area contributed by atoms with E-state index in [1.165, 1.54) is 12.8 Å². The molecule has 88 valence electrons. The van der Waals surface area contributed by atoms with Gasteiger partial charge in [-0.05, 0) is 25.2 Å². The highest BCUT2D eigenvalue weighted by Gasteiger charge is 2.16. The molecule has 1 saturated heterocycles. The van der Waals surface area contributed by atoms with E-state index in [4.69, 9.17) is 4.74 Å². The summed E-state index contributed by atoms with van der Waals surface area (Å²) in [5.74, 6) is 0.767. The lowest BCUT2D eigenvalue weighted by Gasteiger charge is -2.21. The fraction of sp³-hybridized carbons (Fsp3) is 0.917. The van der Waals surface area contributed by atoms with Crippen LogP contribution in [0.5, 0.6) is 0 Å².